The molecule has 5 nitrogen and oxygen atoms in total. The molecule has 3 rings (SSSR count). The number of carbonyl (C=O) groups excluding carboxylic acids is 1. The van der Waals surface area contributed by atoms with Crippen LogP contribution in [-0.2, 0) is 10.0 Å². The average molecular weight is 497 g/mol. The summed E-state index contributed by atoms with van der Waals surface area (Å²) in [4.78, 5) is 12.2. The minimum atomic E-state index is -4.30. The third kappa shape index (κ3) is 4.77. The molecule has 0 aliphatic rings. The number of anilines is 2. The van der Waals surface area contributed by atoms with Crippen molar-refractivity contribution in [1.82, 2.24) is 0 Å². The fourth-order valence-electron chi connectivity index (χ4n) is 2.86. The van der Waals surface area contributed by atoms with Crippen LogP contribution >= 0.6 is 23.2 Å². The highest BCUT2D eigenvalue weighted by Crippen LogP contribution is 2.33. The summed E-state index contributed by atoms with van der Waals surface area (Å²) in [5.41, 5.74) is -0.636. The van der Waals surface area contributed by atoms with Gasteiger partial charge in [-0.1, -0.05) is 47.5 Å². The molecule has 0 aliphatic heterocycles. The van der Waals surface area contributed by atoms with Crippen molar-refractivity contribution in [3.63, 3.8) is 0 Å². The topological polar surface area (TPSA) is 66.5 Å². The summed E-state index contributed by atoms with van der Waals surface area (Å²) in [6, 6.07) is 12.9. The summed E-state index contributed by atoms with van der Waals surface area (Å²) < 4.78 is 55.6. The van der Waals surface area contributed by atoms with Gasteiger partial charge in [-0.05, 0) is 42.5 Å². The second-order valence-corrected chi connectivity index (χ2v) is 9.12. The molecule has 0 fully saturated rings. The van der Waals surface area contributed by atoms with Crippen LogP contribution < -0.4 is 9.62 Å². The van der Waals surface area contributed by atoms with E-state index in [1.807, 2.05) is 0 Å². The third-order valence-electron chi connectivity index (χ3n) is 4.38. The molecule has 3 aromatic rings. The first-order valence-corrected chi connectivity index (χ1v) is 11.3. The molecule has 0 heterocycles. The number of rotatable bonds is 7. The number of amides is 1. The summed E-state index contributed by atoms with van der Waals surface area (Å²) in [6.07, 6.45) is 1.37. The van der Waals surface area contributed by atoms with E-state index in [2.05, 4.69) is 11.9 Å². The Bertz CT molecular complexity index is 1280. The van der Waals surface area contributed by atoms with Gasteiger partial charge in [0.05, 0.1) is 22.3 Å². The Kier molecular flexibility index (Phi) is 7.18. The summed E-state index contributed by atoms with van der Waals surface area (Å²) >= 11 is 12.3. The monoisotopic (exact) mass is 496 g/mol. The van der Waals surface area contributed by atoms with Crippen LogP contribution in [0.4, 0.5) is 20.2 Å². The molecule has 0 radical (unpaired) electrons. The Labute approximate surface area is 193 Å². The molecule has 32 heavy (non-hydrogen) atoms. The first kappa shape index (κ1) is 23.7. The van der Waals surface area contributed by atoms with Crippen LogP contribution in [0.1, 0.15) is 10.4 Å². The third-order valence-corrected chi connectivity index (χ3v) is 6.96. The molecule has 0 aromatic heterocycles. The van der Waals surface area contributed by atoms with E-state index in [-0.39, 0.29) is 32.7 Å². The lowest BCUT2D eigenvalue weighted by atomic mass is 10.2. The minimum Gasteiger partial charge on any atom is -0.317 e. The minimum absolute atomic E-state index is 0.126. The fourth-order valence-corrected chi connectivity index (χ4v) is 5.11. The van der Waals surface area contributed by atoms with E-state index < -0.39 is 33.3 Å². The zero-order chi connectivity index (χ0) is 23.5. The van der Waals surface area contributed by atoms with Crippen LogP contribution in [-0.4, -0.2) is 20.9 Å². The van der Waals surface area contributed by atoms with Gasteiger partial charge in [-0.3, -0.25) is 9.10 Å². The Morgan fingerprint density at radius 1 is 1.00 bits per heavy atom. The number of halogens is 4. The molecule has 1 amide bonds. The van der Waals surface area contributed by atoms with Gasteiger partial charge in [0.2, 0.25) is 0 Å². The predicted molar refractivity (Wildman–Crippen MR) is 122 cm³/mol. The van der Waals surface area contributed by atoms with Crippen molar-refractivity contribution in [3.8, 4) is 0 Å². The molecule has 0 saturated heterocycles. The first-order valence-electron chi connectivity index (χ1n) is 9.10. The van der Waals surface area contributed by atoms with Crippen molar-refractivity contribution in [1.29, 1.82) is 0 Å². The molecule has 10 heteroatoms. The highest BCUT2D eigenvalue weighted by molar-refractivity contribution is 7.93. The van der Waals surface area contributed by atoms with E-state index in [9.17, 15) is 22.0 Å². The largest absolute Gasteiger partial charge is 0.317 e. The molecule has 0 atom stereocenters. The van der Waals surface area contributed by atoms with Crippen molar-refractivity contribution >= 4 is 50.5 Å². The molecule has 0 saturated carbocycles. The average Bonchev–Trinajstić information content (AvgIpc) is 2.75. The molecule has 0 bridgehead atoms. The van der Waals surface area contributed by atoms with Gasteiger partial charge in [-0.2, -0.15) is 0 Å². The molecule has 0 unspecified atom stereocenters. The summed E-state index contributed by atoms with van der Waals surface area (Å²) in [5, 5.41) is 2.14. The highest BCUT2D eigenvalue weighted by atomic mass is 35.5. The number of nitrogens with one attached hydrogen (secondary N) is 1. The van der Waals surface area contributed by atoms with E-state index in [0.717, 1.165) is 28.6 Å². The number of carbonyl (C=O) groups is 1. The zero-order valence-electron chi connectivity index (χ0n) is 16.4. The number of hydrogen-bond donors (Lipinski definition) is 1. The van der Waals surface area contributed by atoms with Crippen molar-refractivity contribution in [3.05, 3.63) is 101 Å². The number of nitrogens with zero attached hydrogens (tertiary/aromatic N) is 1. The van der Waals surface area contributed by atoms with Crippen LogP contribution in [0.5, 0.6) is 0 Å². The predicted octanol–water partition coefficient (Wildman–Crippen LogP) is 5.91. The lowest BCUT2D eigenvalue weighted by Gasteiger charge is -2.24. The van der Waals surface area contributed by atoms with Gasteiger partial charge in [-0.25, -0.2) is 17.2 Å². The van der Waals surface area contributed by atoms with Gasteiger partial charge in [0.1, 0.15) is 22.2 Å². The first-order chi connectivity index (χ1) is 15.2. The van der Waals surface area contributed by atoms with Crippen molar-refractivity contribution in [2.75, 3.05) is 16.2 Å². The van der Waals surface area contributed by atoms with Gasteiger partial charge in [-0.15, -0.1) is 6.58 Å². The number of sulfonamides is 1. The maximum Gasteiger partial charge on any atom is 0.266 e. The van der Waals surface area contributed by atoms with Crippen LogP contribution in [0.15, 0.2) is 78.2 Å². The van der Waals surface area contributed by atoms with Crippen LogP contribution in [0, 0.1) is 11.6 Å². The molecule has 1 N–H and O–H groups in total. The fraction of sp³-hybridized carbons (Fsp3) is 0.0455. The second kappa shape index (κ2) is 9.68. The number of benzene rings is 3. The van der Waals surface area contributed by atoms with Crippen molar-refractivity contribution in [2.24, 2.45) is 0 Å². The SMILES string of the molecule is C=CCN(c1ccccc1Cl)S(=O)(=O)c1cc(C(=O)Nc2c(F)cccc2F)ccc1Cl. The smallest absolute Gasteiger partial charge is 0.266 e. The molecule has 0 aliphatic carbocycles. The zero-order valence-corrected chi connectivity index (χ0v) is 18.7. The summed E-state index contributed by atoms with van der Waals surface area (Å²) in [7, 11) is -4.30. The van der Waals surface area contributed by atoms with Crippen molar-refractivity contribution in [2.45, 2.75) is 4.90 Å². The van der Waals surface area contributed by atoms with Gasteiger partial charge in [0.15, 0.2) is 0 Å². The quantitative estimate of drug-likeness (QED) is 0.413. The Balaban J connectivity index is 2.04. The normalized spacial score (nSPS) is 11.1. The molecule has 3 aromatic carbocycles. The lowest BCUT2D eigenvalue weighted by molar-refractivity contribution is 0.102. The number of para-hydroxylation sites is 2. The Morgan fingerprint density at radius 2 is 1.66 bits per heavy atom. The van der Waals surface area contributed by atoms with Gasteiger partial charge < -0.3 is 5.32 Å². The van der Waals surface area contributed by atoms with Gasteiger partial charge >= 0.3 is 0 Å². The number of hydrogen-bond acceptors (Lipinski definition) is 3. The van der Waals surface area contributed by atoms with Gasteiger partial charge in [0, 0.05) is 5.56 Å². The summed E-state index contributed by atoms with van der Waals surface area (Å²) in [6.45, 7) is 3.45. The highest BCUT2D eigenvalue weighted by Gasteiger charge is 2.29. The van der Waals surface area contributed by atoms with E-state index in [0.29, 0.717) is 0 Å². The van der Waals surface area contributed by atoms with E-state index in [4.69, 9.17) is 23.2 Å². The van der Waals surface area contributed by atoms with E-state index in [1.165, 1.54) is 30.3 Å². The maximum atomic E-state index is 13.9. The molecule has 0 spiro atoms. The van der Waals surface area contributed by atoms with E-state index >= 15 is 0 Å². The lowest BCUT2D eigenvalue weighted by Crippen LogP contribution is -2.32. The van der Waals surface area contributed by atoms with Crippen molar-refractivity contribution < 1.29 is 22.0 Å². The summed E-state index contributed by atoms with van der Waals surface area (Å²) in [5.74, 6) is -2.87. The second-order valence-electron chi connectivity index (χ2n) is 6.47. The maximum absolute atomic E-state index is 13.9. The Morgan fingerprint density at radius 3 is 2.28 bits per heavy atom. The van der Waals surface area contributed by atoms with Crippen LogP contribution in [0.2, 0.25) is 10.0 Å². The Hall–Kier alpha value is -2.94. The standard InChI is InChI=1S/C22H16Cl2F2N2O3S/c1-2-12-28(19-9-4-3-6-15(19)23)32(30,31)20-13-14(10-11-16(20)24)22(29)27-21-17(25)7-5-8-18(21)26/h2-11,13H,1,12H2,(H,27,29). The van der Waals surface area contributed by atoms with Gasteiger partial charge in [0.25, 0.3) is 15.9 Å². The molecular formula is C22H16Cl2F2N2O3S. The molecular weight excluding hydrogens is 481 g/mol. The molecule has 166 valence electrons. The van der Waals surface area contributed by atoms with Crippen LogP contribution in [0.25, 0.3) is 0 Å². The van der Waals surface area contributed by atoms with E-state index in [1.54, 1.807) is 12.1 Å². The van der Waals surface area contributed by atoms with Crippen LogP contribution in [0.3, 0.4) is 0 Å².